The van der Waals surface area contributed by atoms with Crippen LogP contribution in [0, 0.1) is 0 Å². The molecule has 5 rings (SSSR count). The van der Waals surface area contributed by atoms with E-state index in [0.29, 0.717) is 22.5 Å². The van der Waals surface area contributed by atoms with Crippen molar-refractivity contribution in [3.63, 3.8) is 0 Å². The second-order valence-corrected chi connectivity index (χ2v) is 7.04. The number of anilines is 1. The van der Waals surface area contributed by atoms with E-state index in [4.69, 9.17) is 4.98 Å². The van der Waals surface area contributed by atoms with Crippen LogP contribution in [0.1, 0.15) is 35.7 Å². The van der Waals surface area contributed by atoms with Crippen LogP contribution >= 0.6 is 0 Å². The Balaban J connectivity index is 1.84. The number of nitrogens with one attached hydrogen (secondary N) is 1. The van der Waals surface area contributed by atoms with Gasteiger partial charge in [-0.2, -0.15) is 0 Å². The Hall–Kier alpha value is -2.99. The molecule has 1 unspecified atom stereocenters. The number of phenolic OH excluding ortho intramolecular Hbond substituents is 1. The average molecular weight is 360 g/mol. The first kappa shape index (κ1) is 16.2. The lowest BCUT2D eigenvalue weighted by Crippen LogP contribution is -2.43. The topological polar surface area (TPSA) is 78.3 Å². The minimum Gasteiger partial charge on any atom is -0.508 e. The Morgan fingerprint density at radius 1 is 1.26 bits per heavy atom. The minimum atomic E-state index is -0.00341. The number of ketones is 1. The van der Waals surface area contributed by atoms with E-state index in [2.05, 4.69) is 22.1 Å². The molecular formula is C21H20N4O2. The van der Waals surface area contributed by atoms with Gasteiger partial charge in [-0.3, -0.25) is 15.1 Å². The zero-order valence-corrected chi connectivity index (χ0v) is 15.1. The number of pyridine rings is 2. The van der Waals surface area contributed by atoms with Crippen LogP contribution in [-0.4, -0.2) is 40.1 Å². The van der Waals surface area contributed by atoms with Crippen LogP contribution in [-0.2, 0) is 0 Å². The second-order valence-electron chi connectivity index (χ2n) is 7.04. The van der Waals surface area contributed by atoms with E-state index < -0.39 is 0 Å². The summed E-state index contributed by atoms with van der Waals surface area (Å²) in [5.74, 6) is 0.848. The number of benzene rings is 1. The summed E-state index contributed by atoms with van der Waals surface area (Å²) in [5.41, 5.74) is 3.71. The fourth-order valence-corrected chi connectivity index (χ4v) is 4.32. The third-order valence-electron chi connectivity index (χ3n) is 5.54. The predicted molar refractivity (Wildman–Crippen MR) is 104 cm³/mol. The van der Waals surface area contributed by atoms with Gasteiger partial charge in [0, 0.05) is 47.1 Å². The van der Waals surface area contributed by atoms with Gasteiger partial charge in [0.2, 0.25) is 0 Å². The molecule has 3 heterocycles. The molecule has 136 valence electrons. The van der Waals surface area contributed by atoms with Crippen molar-refractivity contribution < 1.29 is 9.90 Å². The molecule has 0 bridgehead atoms. The van der Waals surface area contributed by atoms with Crippen molar-refractivity contribution in [3.8, 4) is 16.9 Å². The van der Waals surface area contributed by atoms with Gasteiger partial charge in [-0.05, 0) is 44.5 Å². The number of nitrogens with zero attached hydrogens (tertiary/aromatic N) is 3. The molecule has 1 fully saturated rings. The van der Waals surface area contributed by atoms with Crippen LogP contribution in [0.15, 0.2) is 36.7 Å². The third-order valence-corrected chi connectivity index (χ3v) is 5.54. The first-order valence-electron chi connectivity index (χ1n) is 9.35. The van der Waals surface area contributed by atoms with Crippen LogP contribution in [0.3, 0.4) is 0 Å². The fraction of sp³-hybridized carbons (Fsp3) is 0.286. The lowest BCUT2D eigenvalue weighted by Gasteiger charge is -2.30. The lowest BCUT2D eigenvalue weighted by atomic mass is 10.0. The first-order valence-corrected chi connectivity index (χ1v) is 9.35. The van der Waals surface area contributed by atoms with E-state index in [1.54, 1.807) is 30.6 Å². The number of fused-ring (bicyclic) bond motifs is 5. The maximum absolute atomic E-state index is 13.3. The number of hydrogen-bond donors (Lipinski definition) is 2. The standard InChI is InChI=1S/C21H20N4O2/c1-2-25(17-4-3-8-23-17)21-19-18(14-6-5-12(26)10-16(14)24-21)15-11-22-9-7-13(15)20(19)27/h5-7,9-11,17,23,26H,2-4,8H2,1H3. The Bertz CT molecular complexity index is 1070. The monoisotopic (exact) mass is 360 g/mol. The molecule has 1 aliphatic carbocycles. The molecule has 27 heavy (non-hydrogen) atoms. The number of hydrogen-bond acceptors (Lipinski definition) is 6. The molecule has 1 saturated heterocycles. The van der Waals surface area contributed by atoms with Crippen molar-refractivity contribution >= 4 is 22.5 Å². The van der Waals surface area contributed by atoms with Gasteiger partial charge in [0.25, 0.3) is 0 Å². The number of aromatic nitrogens is 2. The molecule has 2 aromatic heterocycles. The number of carbonyl (C=O) groups excluding carboxylic acids is 1. The molecule has 1 aliphatic heterocycles. The Morgan fingerprint density at radius 3 is 2.93 bits per heavy atom. The summed E-state index contributed by atoms with van der Waals surface area (Å²) >= 11 is 0. The maximum atomic E-state index is 13.3. The van der Waals surface area contributed by atoms with Crippen molar-refractivity contribution in [2.24, 2.45) is 0 Å². The van der Waals surface area contributed by atoms with Crippen LogP contribution in [0.25, 0.3) is 22.0 Å². The molecule has 3 aromatic rings. The van der Waals surface area contributed by atoms with Crippen molar-refractivity contribution in [2.75, 3.05) is 18.0 Å². The highest BCUT2D eigenvalue weighted by molar-refractivity contribution is 6.27. The van der Waals surface area contributed by atoms with Gasteiger partial charge in [0.15, 0.2) is 5.78 Å². The fourth-order valence-electron chi connectivity index (χ4n) is 4.32. The largest absolute Gasteiger partial charge is 0.508 e. The second kappa shape index (κ2) is 6.03. The smallest absolute Gasteiger partial charge is 0.198 e. The third kappa shape index (κ3) is 2.33. The number of rotatable bonds is 3. The van der Waals surface area contributed by atoms with Crippen LogP contribution in [0.2, 0.25) is 0 Å². The number of aromatic hydroxyl groups is 1. The molecule has 0 spiro atoms. The highest BCUT2D eigenvalue weighted by atomic mass is 16.3. The van der Waals surface area contributed by atoms with Crippen molar-refractivity contribution in [1.29, 1.82) is 0 Å². The first-order chi connectivity index (χ1) is 13.2. The molecule has 2 N–H and O–H groups in total. The van der Waals surface area contributed by atoms with Gasteiger partial charge in [0.1, 0.15) is 11.6 Å². The summed E-state index contributed by atoms with van der Waals surface area (Å²) in [4.78, 5) is 24.5. The van der Waals surface area contributed by atoms with Gasteiger partial charge in [-0.25, -0.2) is 4.98 Å². The average Bonchev–Trinajstić information content (AvgIpc) is 3.30. The van der Waals surface area contributed by atoms with Crippen molar-refractivity contribution in [2.45, 2.75) is 25.9 Å². The summed E-state index contributed by atoms with van der Waals surface area (Å²) in [6.45, 7) is 3.79. The van der Waals surface area contributed by atoms with Crippen molar-refractivity contribution in [1.82, 2.24) is 15.3 Å². The molecule has 0 radical (unpaired) electrons. The highest BCUT2D eigenvalue weighted by Gasteiger charge is 2.35. The van der Waals surface area contributed by atoms with Gasteiger partial charge >= 0.3 is 0 Å². The predicted octanol–water partition coefficient (Wildman–Crippen LogP) is 3.08. The van der Waals surface area contributed by atoms with E-state index in [9.17, 15) is 9.90 Å². The molecule has 6 nitrogen and oxygen atoms in total. The van der Waals surface area contributed by atoms with Gasteiger partial charge in [-0.1, -0.05) is 0 Å². The summed E-state index contributed by atoms with van der Waals surface area (Å²) in [6.07, 6.45) is 5.69. The Kier molecular flexibility index (Phi) is 3.62. The molecular weight excluding hydrogens is 340 g/mol. The quantitative estimate of drug-likeness (QED) is 0.585. The molecule has 1 aromatic carbocycles. The minimum absolute atomic E-state index is 0.00341. The molecule has 1 atom stereocenters. The van der Waals surface area contributed by atoms with Crippen LogP contribution in [0.5, 0.6) is 5.75 Å². The van der Waals surface area contributed by atoms with Gasteiger partial charge in [0.05, 0.1) is 17.2 Å². The summed E-state index contributed by atoms with van der Waals surface area (Å²) in [5, 5.41) is 14.3. The molecule has 0 saturated carbocycles. The summed E-state index contributed by atoms with van der Waals surface area (Å²) < 4.78 is 0. The van der Waals surface area contributed by atoms with E-state index in [1.807, 2.05) is 6.07 Å². The maximum Gasteiger partial charge on any atom is 0.198 e. The zero-order valence-electron chi connectivity index (χ0n) is 15.1. The van der Waals surface area contributed by atoms with E-state index in [-0.39, 0.29) is 17.7 Å². The number of phenols is 1. The van der Waals surface area contributed by atoms with E-state index in [1.165, 1.54) is 0 Å². The Morgan fingerprint density at radius 2 is 2.15 bits per heavy atom. The zero-order chi connectivity index (χ0) is 18.5. The Labute approximate surface area is 156 Å². The molecule has 0 amide bonds. The molecule has 6 heteroatoms. The van der Waals surface area contributed by atoms with Gasteiger partial charge < -0.3 is 10.0 Å². The summed E-state index contributed by atoms with van der Waals surface area (Å²) in [6, 6.07) is 6.91. The normalized spacial score (nSPS) is 18.0. The molecule has 2 aliphatic rings. The van der Waals surface area contributed by atoms with Gasteiger partial charge in [-0.15, -0.1) is 0 Å². The van der Waals surface area contributed by atoms with E-state index >= 15 is 0 Å². The summed E-state index contributed by atoms with van der Waals surface area (Å²) in [7, 11) is 0. The van der Waals surface area contributed by atoms with Crippen LogP contribution < -0.4 is 10.2 Å². The van der Waals surface area contributed by atoms with E-state index in [0.717, 1.165) is 42.4 Å². The highest BCUT2D eigenvalue weighted by Crippen LogP contribution is 2.45. The SMILES string of the molecule is CCN(c1nc2cc(O)ccc2c2c1C(=O)c1ccncc1-2)C1CCCN1. The lowest BCUT2D eigenvalue weighted by molar-refractivity contribution is 0.104. The van der Waals surface area contributed by atoms with Crippen molar-refractivity contribution in [3.05, 3.63) is 47.8 Å². The van der Waals surface area contributed by atoms with Crippen LogP contribution in [0.4, 0.5) is 5.82 Å². The number of carbonyl (C=O) groups is 1.